The molecule has 1 unspecified atom stereocenters. The highest BCUT2D eigenvalue weighted by Crippen LogP contribution is 2.33. The minimum atomic E-state index is -0.694. The lowest BCUT2D eigenvalue weighted by molar-refractivity contribution is -0.116. The van der Waals surface area contributed by atoms with E-state index in [2.05, 4.69) is 9.71 Å². The summed E-state index contributed by atoms with van der Waals surface area (Å²) in [6.45, 7) is 1.99. The smallest absolute Gasteiger partial charge is 0.475 e. The Balaban J connectivity index is 2.49. The van der Waals surface area contributed by atoms with E-state index in [1.54, 1.807) is 4.90 Å². The molecule has 1 aromatic rings. The molecule has 1 N–H and O–H groups in total. The van der Waals surface area contributed by atoms with Gasteiger partial charge in [0.2, 0.25) is 5.39 Å². The predicted molar refractivity (Wildman–Crippen MR) is 78.1 cm³/mol. The first-order valence-electron chi connectivity index (χ1n) is 6.87. The van der Waals surface area contributed by atoms with E-state index < -0.39 is 17.5 Å². The summed E-state index contributed by atoms with van der Waals surface area (Å²) in [4.78, 5) is 17.1. The van der Waals surface area contributed by atoms with Crippen LogP contribution >= 0.6 is 0 Å². The number of hydrogen-bond acceptors (Lipinski definition) is 4. The largest absolute Gasteiger partial charge is 0.527 e. The molecule has 2 rings (SSSR count). The summed E-state index contributed by atoms with van der Waals surface area (Å²) in [6, 6.07) is 7.60. The van der Waals surface area contributed by atoms with E-state index in [0.29, 0.717) is 0 Å². The van der Waals surface area contributed by atoms with Gasteiger partial charge in [-0.2, -0.15) is 0 Å². The van der Waals surface area contributed by atoms with Crippen molar-refractivity contribution in [2.45, 2.75) is 32.2 Å². The summed E-state index contributed by atoms with van der Waals surface area (Å²) in [6.07, 6.45) is 2.49. The number of amides is 1. The molecular formula is C15H18N3O3+. The molecule has 1 atom stereocenters. The van der Waals surface area contributed by atoms with Gasteiger partial charge < -0.3 is 9.84 Å². The molecule has 21 heavy (non-hydrogen) atoms. The Morgan fingerprint density at radius 3 is 2.86 bits per heavy atom. The molecular weight excluding hydrogens is 270 g/mol. The van der Waals surface area contributed by atoms with E-state index in [1.807, 2.05) is 31.2 Å². The highest BCUT2D eigenvalue weighted by atomic mass is 16.6. The van der Waals surface area contributed by atoms with Crippen molar-refractivity contribution in [2.75, 3.05) is 12.0 Å². The summed E-state index contributed by atoms with van der Waals surface area (Å²) in [5.74, 6) is -1.27. The average molecular weight is 288 g/mol. The summed E-state index contributed by atoms with van der Waals surface area (Å²) >= 11 is 0. The molecule has 0 bridgehead atoms. The number of carbonyl (C=O) groups is 1. The van der Waals surface area contributed by atoms with Gasteiger partial charge >= 0.3 is 17.5 Å². The van der Waals surface area contributed by atoms with Crippen LogP contribution in [0.5, 0.6) is 0 Å². The molecule has 6 nitrogen and oxygen atoms in total. The number of anilines is 1. The van der Waals surface area contributed by atoms with E-state index in [9.17, 15) is 9.90 Å². The zero-order valence-electron chi connectivity index (χ0n) is 12.1. The van der Waals surface area contributed by atoms with Crippen LogP contribution in [0.3, 0.4) is 0 Å². The fraction of sp³-hybridized carbons (Fsp3) is 0.400. The van der Waals surface area contributed by atoms with Gasteiger partial charge in [0.1, 0.15) is 0 Å². The van der Waals surface area contributed by atoms with E-state index >= 15 is 0 Å². The number of hydrogen-bond donors (Lipinski definition) is 1. The minimum absolute atomic E-state index is 0.00574. The lowest BCUT2D eigenvalue weighted by Crippen LogP contribution is -2.44. The molecule has 1 aliphatic rings. The number of para-hydroxylation sites is 1. The minimum Gasteiger partial charge on any atom is -0.475 e. The molecule has 110 valence electrons. The number of rotatable bonds is 3. The Kier molecular flexibility index (Phi) is 4.43. The van der Waals surface area contributed by atoms with Crippen molar-refractivity contribution in [2.24, 2.45) is 0 Å². The SMILES string of the molecule is CCC1CCc2ccccc2N1C(=O)/C([N+]#N)=C(/O)OC. The standard InChI is InChI=1S/C15H17N3O3/c1-3-11-9-8-10-6-4-5-7-12(10)18(11)14(19)13(17-16)15(20)21-2/h4-7,11H,3,8-9H2,1-2H3/p+1. The molecule has 1 heterocycles. The van der Waals surface area contributed by atoms with Crippen LogP contribution in [0.1, 0.15) is 25.3 Å². The molecule has 6 heteroatoms. The molecule has 0 spiro atoms. The van der Waals surface area contributed by atoms with Gasteiger partial charge in [-0.25, -0.2) is 0 Å². The molecule has 0 saturated heterocycles. The maximum atomic E-state index is 12.6. The average Bonchev–Trinajstić information content (AvgIpc) is 2.53. The molecule has 0 aromatic heterocycles. The topological polar surface area (TPSA) is 77.9 Å². The van der Waals surface area contributed by atoms with Crippen molar-refractivity contribution in [3.05, 3.63) is 46.4 Å². The lowest BCUT2D eigenvalue weighted by atomic mass is 9.94. The van der Waals surface area contributed by atoms with Crippen molar-refractivity contribution in [1.29, 1.82) is 5.39 Å². The maximum absolute atomic E-state index is 12.6. The van der Waals surface area contributed by atoms with E-state index in [0.717, 1.165) is 30.5 Å². The number of fused-ring (bicyclic) bond motifs is 1. The maximum Gasteiger partial charge on any atom is 0.527 e. The van der Waals surface area contributed by atoms with Crippen LogP contribution in [-0.4, -0.2) is 24.2 Å². The van der Waals surface area contributed by atoms with Crippen molar-refractivity contribution >= 4 is 11.6 Å². The van der Waals surface area contributed by atoms with E-state index in [1.165, 1.54) is 7.11 Å². The molecule has 1 aliphatic heterocycles. The first kappa shape index (κ1) is 14.9. The quantitative estimate of drug-likeness (QED) is 0.527. The van der Waals surface area contributed by atoms with Gasteiger partial charge in [-0.1, -0.05) is 25.1 Å². The fourth-order valence-corrected chi connectivity index (χ4v) is 2.65. The number of methoxy groups -OCH3 is 1. The fourth-order valence-electron chi connectivity index (χ4n) is 2.65. The molecule has 0 fully saturated rings. The van der Waals surface area contributed by atoms with Crippen molar-refractivity contribution in [3.63, 3.8) is 0 Å². The van der Waals surface area contributed by atoms with Gasteiger partial charge in [-0.3, -0.25) is 9.69 Å². The highest BCUT2D eigenvalue weighted by molar-refractivity contribution is 6.07. The number of aliphatic hydroxyl groups is 1. The Labute approximate surface area is 123 Å². The van der Waals surface area contributed by atoms with E-state index in [4.69, 9.17) is 5.39 Å². The molecule has 0 radical (unpaired) electrons. The van der Waals surface area contributed by atoms with Gasteiger partial charge in [0, 0.05) is 11.7 Å². The van der Waals surface area contributed by atoms with Gasteiger partial charge in [0.05, 0.1) is 7.11 Å². The number of carbonyl (C=O) groups excluding carboxylic acids is 1. The number of ether oxygens (including phenoxy) is 1. The van der Waals surface area contributed by atoms with Crippen LogP contribution in [0.4, 0.5) is 5.69 Å². The van der Waals surface area contributed by atoms with Gasteiger partial charge in [-0.05, 0) is 30.9 Å². The summed E-state index contributed by atoms with van der Waals surface area (Å²) in [7, 11) is 1.20. The summed E-state index contributed by atoms with van der Waals surface area (Å²) in [5, 5.41) is 18.6. The summed E-state index contributed by atoms with van der Waals surface area (Å²) in [5.41, 5.74) is 1.35. The molecule has 1 amide bonds. The number of diazo groups is 1. The number of nitrogens with zero attached hydrogens (tertiary/aromatic N) is 3. The van der Waals surface area contributed by atoms with Crippen molar-refractivity contribution in [3.8, 4) is 0 Å². The van der Waals surface area contributed by atoms with E-state index in [-0.39, 0.29) is 6.04 Å². The van der Waals surface area contributed by atoms with Crippen molar-refractivity contribution < 1.29 is 14.6 Å². The molecule has 1 aromatic carbocycles. The second-order valence-electron chi connectivity index (χ2n) is 4.86. The Bertz CT molecular complexity index is 619. The van der Waals surface area contributed by atoms with Gasteiger partial charge in [0.25, 0.3) is 0 Å². The molecule has 0 saturated carbocycles. The second-order valence-corrected chi connectivity index (χ2v) is 4.86. The van der Waals surface area contributed by atoms with Crippen LogP contribution in [0.2, 0.25) is 0 Å². The van der Waals surface area contributed by atoms with Crippen LogP contribution in [0.15, 0.2) is 35.9 Å². The zero-order chi connectivity index (χ0) is 15.4. The van der Waals surface area contributed by atoms with Crippen molar-refractivity contribution in [1.82, 2.24) is 0 Å². The zero-order valence-corrected chi connectivity index (χ0v) is 12.1. The second kappa shape index (κ2) is 6.27. The van der Waals surface area contributed by atoms with Gasteiger partial charge in [0.15, 0.2) is 4.98 Å². The number of aliphatic hydroxyl groups excluding tert-OH is 1. The summed E-state index contributed by atoms with van der Waals surface area (Å²) < 4.78 is 4.61. The third-order valence-electron chi connectivity index (χ3n) is 3.75. The first-order valence-corrected chi connectivity index (χ1v) is 6.87. The highest BCUT2D eigenvalue weighted by Gasteiger charge is 2.40. The van der Waals surface area contributed by atoms with Crippen LogP contribution < -0.4 is 4.90 Å². The van der Waals surface area contributed by atoms with Crippen LogP contribution in [-0.2, 0) is 16.0 Å². The Morgan fingerprint density at radius 2 is 2.24 bits per heavy atom. The van der Waals surface area contributed by atoms with Gasteiger partial charge in [-0.15, -0.1) is 0 Å². The Morgan fingerprint density at radius 1 is 1.52 bits per heavy atom. The lowest BCUT2D eigenvalue weighted by Gasteiger charge is -2.35. The third kappa shape index (κ3) is 2.68. The molecule has 0 aliphatic carbocycles. The predicted octanol–water partition coefficient (Wildman–Crippen LogP) is 2.97. The number of benzene rings is 1. The van der Waals surface area contributed by atoms with Crippen LogP contribution in [0.25, 0.3) is 4.98 Å². The third-order valence-corrected chi connectivity index (χ3v) is 3.75. The number of aryl methyl sites for hydroxylation is 1. The first-order chi connectivity index (χ1) is 10.1. The van der Waals surface area contributed by atoms with Crippen LogP contribution in [0, 0.1) is 5.39 Å². The monoisotopic (exact) mass is 288 g/mol. The normalized spacial score (nSPS) is 18.3. The Hall–Kier alpha value is -2.55.